The van der Waals surface area contributed by atoms with Crippen LogP contribution >= 0.6 is 10.6 Å². The van der Waals surface area contributed by atoms with E-state index in [1.54, 1.807) is 0 Å². The quantitative estimate of drug-likeness (QED) is 0.581. The molecular weight excluding hydrogens is 269 g/mol. The molecule has 0 aliphatic heterocycles. The number of hydrogen-bond donors (Lipinski definition) is 0. The van der Waals surface area contributed by atoms with E-state index in [0.717, 1.165) is 0 Å². The Labute approximate surface area is 74.5 Å². The SMILES string of the molecule is [Co].[Cu].[Ni].[S]=[Fe]. The molecule has 0 nitrogen and oxygen atoms in total. The summed E-state index contributed by atoms with van der Waals surface area (Å²) in [5.74, 6) is 0. The first-order valence-electron chi connectivity index (χ1n) is 0.144. The van der Waals surface area contributed by atoms with Gasteiger partial charge in [0.1, 0.15) is 0 Å². The molecule has 0 saturated carbocycles. The summed E-state index contributed by atoms with van der Waals surface area (Å²) in [5, 5.41) is 0. The van der Waals surface area contributed by atoms with Crippen molar-refractivity contribution >= 4 is 10.6 Å². The molecule has 5 heavy (non-hydrogen) atoms. The molecule has 0 aromatic heterocycles. The van der Waals surface area contributed by atoms with E-state index in [9.17, 15) is 0 Å². The van der Waals surface area contributed by atoms with Crippen LogP contribution in [0.25, 0.3) is 0 Å². The van der Waals surface area contributed by atoms with Gasteiger partial charge in [0.2, 0.25) is 0 Å². The van der Waals surface area contributed by atoms with E-state index < -0.39 is 0 Å². The van der Waals surface area contributed by atoms with Crippen LogP contribution in [0.3, 0.4) is 0 Å². The van der Waals surface area contributed by atoms with Gasteiger partial charge in [0.15, 0.2) is 0 Å². The Morgan fingerprint density at radius 3 is 1.20 bits per heavy atom. The van der Waals surface area contributed by atoms with Gasteiger partial charge in [0.05, 0.1) is 0 Å². The molecule has 0 bridgehead atoms. The Kier molecular flexibility index (Phi) is 182. The zero-order valence-corrected chi connectivity index (χ0v) is 6.60. The van der Waals surface area contributed by atoms with Crippen LogP contribution in [0.15, 0.2) is 0 Å². The van der Waals surface area contributed by atoms with Crippen LogP contribution in [0, 0.1) is 0 Å². The molecule has 0 aliphatic carbocycles. The summed E-state index contributed by atoms with van der Waals surface area (Å²) in [4.78, 5) is 0. The van der Waals surface area contributed by atoms with Crippen LogP contribution in [0.5, 0.6) is 0 Å². The minimum atomic E-state index is 0. The van der Waals surface area contributed by atoms with Crippen LogP contribution in [0.1, 0.15) is 0 Å². The zero-order valence-electron chi connectivity index (χ0n) is 1.71. The third kappa shape index (κ3) is 22.2. The molecule has 2 radical (unpaired) electrons. The van der Waals surface area contributed by atoms with E-state index in [1.165, 1.54) is 0 Å². The van der Waals surface area contributed by atoms with Gasteiger partial charge in [-0.3, -0.25) is 0 Å². The topological polar surface area (TPSA) is 0 Å². The van der Waals surface area contributed by atoms with E-state index in [0.29, 0.717) is 0 Å². The van der Waals surface area contributed by atoms with Crippen molar-refractivity contribution in [2.24, 2.45) is 0 Å². The van der Waals surface area contributed by atoms with Crippen molar-refractivity contribution in [1.29, 1.82) is 0 Å². The Morgan fingerprint density at radius 2 is 1.20 bits per heavy atom. The van der Waals surface area contributed by atoms with Gasteiger partial charge in [-0.05, 0) is 0 Å². The molecule has 0 rings (SSSR count). The van der Waals surface area contributed by atoms with E-state index >= 15 is 0 Å². The van der Waals surface area contributed by atoms with Crippen LogP contribution in [0.2, 0.25) is 0 Å². The second kappa shape index (κ2) is 33.9. The van der Waals surface area contributed by atoms with Crippen LogP contribution in [-0.4, -0.2) is 0 Å². The molecule has 0 aromatic rings. The van der Waals surface area contributed by atoms with Gasteiger partial charge in [0.25, 0.3) is 0 Å². The second-order valence-electron chi connectivity index (χ2n) is 0. The summed E-state index contributed by atoms with van der Waals surface area (Å²) in [7, 11) is 3.83. The first-order valence-corrected chi connectivity index (χ1v) is 1.79. The van der Waals surface area contributed by atoms with Crippen LogP contribution < -0.4 is 0 Å². The van der Waals surface area contributed by atoms with Gasteiger partial charge in [-0.1, -0.05) is 0 Å². The first kappa shape index (κ1) is 26.8. The van der Waals surface area contributed by atoms with Gasteiger partial charge in [-0.25, -0.2) is 0 Å². The van der Waals surface area contributed by atoms with Gasteiger partial charge >= 0.3 is 24.9 Å². The molecule has 0 heterocycles. The minimum absolute atomic E-state index is 0. The third-order valence-electron chi connectivity index (χ3n) is 0. The van der Waals surface area contributed by atoms with Crippen molar-refractivity contribution in [1.82, 2.24) is 0 Å². The fourth-order valence-corrected chi connectivity index (χ4v) is 0. The molecule has 0 amide bonds. The molecule has 0 fully saturated rings. The normalized spacial score (nSPS) is 1.00. The molecule has 0 aliphatic rings. The van der Waals surface area contributed by atoms with Crippen molar-refractivity contribution < 1.29 is 64.7 Å². The maximum atomic E-state index is 3.83. The van der Waals surface area contributed by atoms with Gasteiger partial charge in [-0.15, -0.1) is 0 Å². The summed E-state index contributed by atoms with van der Waals surface area (Å²) in [6, 6.07) is 0. The van der Waals surface area contributed by atoms with E-state index in [-0.39, 0.29) is 50.3 Å². The van der Waals surface area contributed by atoms with Gasteiger partial charge < -0.3 is 0 Å². The Bertz CT molecular complexity index is 11.6. The summed E-state index contributed by atoms with van der Waals surface area (Å²) in [6.07, 6.45) is 0. The molecule has 0 atom stereocenters. The molecule has 5 heteroatoms. The predicted octanol–water partition coefficient (Wildman–Crippen LogP) is 0.638. The molecular formula is CoCuFeNiS. The average Bonchev–Trinajstić information content (AvgIpc) is 1.00. The van der Waals surface area contributed by atoms with Crippen molar-refractivity contribution in [3.8, 4) is 0 Å². The maximum absolute atomic E-state index is 3.83. The monoisotopic (exact) mass is 268 g/mol. The van der Waals surface area contributed by atoms with Gasteiger partial charge in [-0.2, -0.15) is 0 Å². The Balaban J connectivity index is -0.00000000167. The van der Waals surface area contributed by atoms with Crippen LogP contribution in [-0.2, 0) is 64.7 Å². The van der Waals surface area contributed by atoms with Crippen molar-refractivity contribution in [2.75, 3.05) is 0 Å². The molecule has 0 N–H and O–H groups in total. The van der Waals surface area contributed by atoms with Gasteiger partial charge in [0, 0.05) is 50.3 Å². The van der Waals surface area contributed by atoms with Crippen LogP contribution in [0.4, 0.5) is 0 Å². The van der Waals surface area contributed by atoms with Crippen molar-refractivity contribution in [3.63, 3.8) is 0 Å². The molecule has 0 unspecified atom stereocenters. The van der Waals surface area contributed by atoms with E-state index in [2.05, 4.69) is 24.9 Å². The summed E-state index contributed by atoms with van der Waals surface area (Å²) in [6.45, 7) is 0. The average molecular weight is 269 g/mol. The summed E-state index contributed by atoms with van der Waals surface area (Å²) >= 11 is 2.83. The Hall–Kier alpha value is 2.26. The zero-order chi connectivity index (χ0) is 2.00. The molecule has 0 aromatic carbocycles. The standard InChI is InChI=1S/Co.Cu.Fe.Ni.S. The van der Waals surface area contributed by atoms with E-state index in [1.807, 2.05) is 0 Å². The molecule has 44 valence electrons. The summed E-state index contributed by atoms with van der Waals surface area (Å²) < 4.78 is 0. The second-order valence-corrected chi connectivity index (χ2v) is 0. The number of rotatable bonds is 0. The van der Waals surface area contributed by atoms with Crippen molar-refractivity contribution in [2.45, 2.75) is 0 Å². The first-order chi connectivity index (χ1) is 1.00. The fraction of sp³-hybridized carbons (Fsp3) is 0. The van der Waals surface area contributed by atoms with Crippen molar-refractivity contribution in [3.05, 3.63) is 0 Å². The number of hydrogen-bond acceptors (Lipinski definition) is 1. The van der Waals surface area contributed by atoms with E-state index in [4.69, 9.17) is 0 Å². The fourth-order valence-electron chi connectivity index (χ4n) is 0. The predicted molar refractivity (Wildman–Crippen MR) is 7.59 cm³/mol. The summed E-state index contributed by atoms with van der Waals surface area (Å²) in [5.41, 5.74) is 0. The molecule has 0 saturated heterocycles. The Morgan fingerprint density at radius 1 is 1.20 bits per heavy atom. The third-order valence-corrected chi connectivity index (χ3v) is 0. The molecule has 0 spiro atoms.